The quantitative estimate of drug-likeness (QED) is 0.337. The van der Waals surface area contributed by atoms with Gasteiger partial charge in [0.25, 0.3) is 5.91 Å². The number of hydrogen-bond acceptors (Lipinski definition) is 3. The van der Waals surface area contributed by atoms with Crippen molar-refractivity contribution in [1.82, 2.24) is 10.2 Å². The Bertz CT molecular complexity index is 995. The van der Waals surface area contributed by atoms with E-state index in [9.17, 15) is 4.79 Å². The number of thioether (sulfide) groups is 1. The first-order valence-electron chi connectivity index (χ1n) is 11.5. The summed E-state index contributed by atoms with van der Waals surface area (Å²) in [7, 11) is 0. The summed E-state index contributed by atoms with van der Waals surface area (Å²) in [6, 6.07) is 18.0. The molecule has 6 heteroatoms. The van der Waals surface area contributed by atoms with Crippen LogP contribution < -0.4 is 10.6 Å². The van der Waals surface area contributed by atoms with E-state index < -0.39 is 0 Å². The minimum Gasteiger partial charge on any atom is -0.363 e. The molecule has 33 heavy (non-hydrogen) atoms. The molecule has 0 aliphatic carbocycles. The number of para-hydroxylation sites is 1. The van der Waals surface area contributed by atoms with Crippen molar-refractivity contribution in [3.05, 3.63) is 77.1 Å². The van der Waals surface area contributed by atoms with Gasteiger partial charge in [-0.05, 0) is 66.3 Å². The lowest BCUT2D eigenvalue weighted by Gasteiger charge is -2.34. The number of allylic oxidation sites excluding steroid dienone is 1. The zero-order valence-electron chi connectivity index (χ0n) is 19.5. The van der Waals surface area contributed by atoms with E-state index in [1.165, 1.54) is 0 Å². The van der Waals surface area contributed by atoms with Gasteiger partial charge in [-0.15, -0.1) is 11.8 Å². The van der Waals surface area contributed by atoms with Crippen LogP contribution >= 0.6 is 24.0 Å². The summed E-state index contributed by atoms with van der Waals surface area (Å²) in [5.74, 6) is 0.340. The highest BCUT2D eigenvalue weighted by molar-refractivity contribution is 8.05. The molecule has 1 fully saturated rings. The Morgan fingerprint density at radius 3 is 2.52 bits per heavy atom. The molecule has 1 aliphatic heterocycles. The molecule has 0 radical (unpaired) electrons. The molecule has 174 valence electrons. The van der Waals surface area contributed by atoms with Crippen molar-refractivity contribution in [2.24, 2.45) is 5.92 Å². The first kappa shape index (κ1) is 25.1. The number of hydrogen-bond donors (Lipinski definition) is 2. The van der Waals surface area contributed by atoms with Crippen molar-refractivity contribution < 1.29 is 4.79 Å². The predicted octanol–water partition coefficient (Wildman–Crippen LogP) is 6.44. The van der Waals surface area contributed by atoms with Gasteiger partial charge in [-0.1, -0.05) is 62.0 Å². The number of benzene rings is 2. The van der Waals surface area contributed by atoms with E-state index in [0.717, 1.165) is 65.7 Å². The van der Waals surface area contributed by atoms with E-state index in [0.29, 0.717) is 11.5 Å². The molecule has 1 amide bonds. The van der Waals surface area contributed by atoms with Gasteiger partial charge in [0, 0.05) is 36.5 Å². The fourth-order valence-electron chi connectivity index (χ4n) is 3.74. The number of piperidine rings is 1. The van der Waals surface area contributed by atoms with Gasteiger partial charge >= 0.3 is 0 Å². The van der Waals surface area contributed by atoms with Gasteiger partial charge in [0.05, 0.1) is 0 Å². The average molecular weight is 480 g/mol. The van der Waals surface area contributed by atoms with Gasteiger partial charge in [-0.3, -0.25) is 4.79 Å². The molecule has 1 aliphatic rings. The van der Waals surface area contributed by atoms with E-state index in [4.69, 9.17) is 12.2 Å². The lowest BCUT2D eigenvalue weighted by atomic mass is 9.97. The molecule has 0 unspecified atom stereocenters. The van der Waals surface area contributed by atoms with Crippen LogP contribution in [0.3, 0.4) is 0 Å². The number of nitrogens with zero attached hydrogens (tertiary/aromatic N) is 1. The summed E-state index contributed by atoms with van der Waals surface area (Å²) < 4.78 is 0. The number of thiocarbonyl (C=S) groups is 1. The molecule has 2 aromatic carbocycles. The van der Waals surface area contributed by atoms with Gasteiger partial charge in [0.15, 0.2) is 5.11 Å². The van der Waals surface area contributed by atoms with Crippen LogP contribution in [0.2, 0.25) is 0 Å². The molecule has 0 saturated carbocycles. The normalized spacial score (nSPS) is 14.6. The van der Waals surface area contributed by atoms with E-state index >= 15 is 0 Å². The summed E-state index contributed by atoms with van der Waals surface area (Å²) in [4.78, 5) is 16.2. The number of anilines is 1. The molecule has 2 aromatic rings. The maximum Gasteiger partial charge on any atom is 0.251 e. The molecule has 4 nitrogen and oxygen atoms in total. The van der Waals surface area contributed by atoms with Crippen LogP contribution in [0.5, 0.6) is 0 Å². The van der Waals surface area contributed by atoms with Gasteiger partial charge in [-0.25, -0.2) is 0 Å². The van der Waals surface area contributed by atoms with Crippen LogP contribution in [-0.4, -0.2) is 35.6 Å². The Morgan fingerprint density at radius 2 is 1.82 bits per heavy atom. The molecule has 2 N–H and O–H groups in total. The molecule has 0 spiro atoms. The maximum absolute atomic E-state index is 12.8. The van der Waals surface area contributed by atoms with Crippen molar-refractivity contribution in [3.8, 4) is 11.1 Å². The molecule has 1 heterocycles. The minimum absolute atomic E-state index is 0.0964. The number of rotatable bonds is 8. The molecule has 0 aromatic heterocycles. The Kier molecular flexibility index (Phi) is 9.58. The lowest BCUT2D eigenvalue weighted by molar-refractivity contribution is -0.112. The highest BCUT2D eigenvalue weighted by Crippen LogP contribution is 2.33. The first-order valence-corrected chi connectivity index (χ1v) is 12.8. The lowest BCUT2D eigenvalue weighted by Crippen LogP contribution is -2.44. The second-order valence-electron chi connectivity index (χ2n) is 8.24. The van der Waals surface area contributed by atoms with Crippen molar-refractivity contribution >= 4 is 40.7 Å². The average Bonchev–Trinajstić information content (AvgIpc) is 2.86. The van der Waals surface area contributed by atoms with Gasteiger partial charge in [0.2, 0.25) is 0 Å². The molecule has 0 bridgehead atoms. The maximum atomic E-state index is 12.8. The SMILES string of the molecule is C=C(S/C=C(\C)C(=O)Nc1ccccc1-c1ccccc1)C1CCN(C(=S)NCCC)CC1. The van der Waals surface area contributed by atoms with Crippen LogP contribution in [-0.2, 0) is 4.79 Å². The summed E-state index contributed by atoms with van der Waals surface area (Å²) in [5.41, 5.74) is 3.57. The van der Waals surface area contributed by atoms with Crippen molar-refractivity contribution in [1.29, 1.82) is 0 Å². The van der Waals surface area contributed by atoms with Gasteiger partial charge < -0.3 is 15.5 Å². The standard InChI is InChI=1S/C27H33N3OS2/c1-4-16-28-27(32)30-17-14-22(15-18-30)21(3)33-19-20(2)26(31)29-25-13-9-8-12-24(25)23-10-6-5-7-11-23/h5-13,19,22H,3-4,14-18H2,1-2H3,(H,28,32)(H,29,31)/b20-19+. The Morgan fingerprint density at radius 1 is 1.15 bits per heavy atom. The number of carbonyl (C=O) groups is 1. The van der Waals surface area contributed by atoms with Crippen LogP contribution in [0.1, 0.15) is 33.1 Å². The minimum atomic E-state index is -0.0964. The Hall–Kier alpha value is -2.57. The predicted molar refractivity (Wildman–Crippen MR) is 146 cm³/mol. The van der Waals surface area contributed by atoms with E-state index in [-0.39, 0.29) is 5.91 Å². The monoisotopic (exact) mass is 479 g/mol. The smallest absolute Gasteiger partial charge is 0.251 e. The van der Waals surface area contributed by atoms with Gasteiger partial charge in [-0.2, -0.15) is 0 Å². The fraction of sp³-hybridized carbons (Fsp3) is 0.333. The van der Waals surface area contributed by atoms with E-state index in [1.54, 1.807) is 11.8 Å². The summed E-state index contributed by atoms with van der Waals surface area (Å²) in [6.45, 7) is 11.1. The van der Waals surface area contributed by atoms with E-state index in [1.807, 2.05) is 66.9 Å². The van der Waals surface area contributed by atoms with Crippen LogP contribution in [0.25, 0.3) is 11.1 Å². The second-order valence-corrected chi connectivity index (χ2v) is 9.63. The third-order valence-corrected chi connectivity index (χ3v) is 7.28. The Labute approximate surface area is 207 Å². The third kappa shape index (κ3) is 7.21. The number of amides is 1. The number of nitrogens with one attached hydrogen (secondary N) is 2. The topological polar surface area (TPSA) is 44.4 Å². The van der Waals surface area contributed by atoms with Gasteiger partial charge in [0.1, 0.15) is 0 Å². The molecule has 1 saturated heterocycles. The molecular weight excluding hydrogens is 446 g/mol. The molecule has 3 rings (SSSR count). The van der Waals surface area contributed by atoms with Crippen molar-refractivity contribution in [2.75, 3.05) is 25.0 Å². The zero-order valence-corrected chi connectivity index (χ0v) is 21.1. The third-order valence-electron chi connectivity index (χ3n) is 5.77. The first-order chi connectivity index (χ1) is 16.0. The second kappa shape index (κ2) is 12.6. The summed E-state index contributed by atoms with van der Waals surface area (Å²) in [6.07, 6.45) is 3.13. The van der Waals surface area contributed by atoms with Crippen LogP contribution in [0.4, 0.5) is 5.69 Å². The largest absolute Gasteiger partial charge is 0.363 e. The highest BCUT2D eigenvalue weighted by Gasteiger charge is 2.22. The summed E-state index contributed by atoms with van der Waals surface area (Å²) in [5, 5.41) is 9.15. The Balaban J connectivity index is 1.53. The zero-order chi connectivity index (χ0) is 23.6. The fourth-order valence-corrected chi connectivity index (χ4v) is 4.89. The van der Waals surface area contributed by atoms with Crippen LogP contribution in [0, 0.1) is 5.92 Å². The molecule has 0 atom stereocenters. The highest BCUT2D eigenvalue weighted by atomic mass is 32.2. The molecular formula is C27H33N3OS2. The number of carbonyl (C=O) groups excluding carboxylic acids is 1. The van der Waals surface area contributed by atoms with Crippen molar-refractivity contribution in [3.63, 3.8) is 0 Å². The van der Waals surface area contributed by atoms with Crippen molar-refractivity contribution in [2.45, 2.75) is 33.1 Å². The van der Waals surface area contributed by atoms with Crippen LogP contribution in [0.15, 0.2) is 77.1 Å². The van der Waals surface area contributed by atoms with E-state index in [2.05, 4.69) is 29.0 Å². The summed E-state index contributed by atoms with van der Waals surface area (Å²) >= 11 is 7.05. The number of likely N-dealkylation sites (tertiary alicyclic amines) is 1.